The predicted octanol–water partition coefficient (Wildman–Crippen LogP) is -1.30. The van der Waals surface area contributed by atoms with Crippen LogP contribution in [0.2, 0.25) is 0 Å². The molecular weight excluding hydrogens is 308 g/mol. The van der Waals surface area contributed by atoms with E-state index in [1.165, 1.54) is 17.2 Å². The van der Waals surface area contributed by atoms with Crippen LogP contribution in [0.3, 0.4) is 0 Å². The average Bonchev–Trinajstić information content (AvgIpc) is 3.07. The quantitative estimate of drug-likeness (QED) is 0.303. The fourth-order valence-electron chi connectivity index (χ4n) is 2.61. The minimum Gasteiger partial charge on any atom is -0.394 e. The molecule has 0 aromatic carbocycles. The summed E-state index contributed by atoms with van der Waals surface area (Å²) in [6.07, 6.45) is -1.17. The number of hydrogen-bond donors (Lipinski definition) is 4. The molecule has 0 saturated carbocycles. The second-order valence-corrected chi connectivity index (χ2v) is 5.11. The van der Waals surface area contributed by atoms with Crippen molar-refractivity contribution < 1.29 is 20.1 Å². The van der Waals surface area contributed by atoms with Crippen LogP contribution in [0.5, 0.6) is 0 Å². The number of imidazole rings is 1. The van der Waals surface area contributed by atoms with E-state index in [1.54, 1.807) is 0 Å². The molecule has 2 aromatic rings. The van der Waals surface area contributed by atoms with Crippen molar-refractivity contribution in [3.63, 3.8) is 0 Å². The zero-order valence-electron chi connectivity index (χ0n) is 11.8. The third-order valence-electron chi connectivity index (χ3n) is 3.86. The van der Waals surface area contributed by atoms with E-state index in [2.05, 4.69) is 25.0 Å². The van der Waals surface area contributed by atoms with Gasteiger partial charge < -0.3 is 25.8 Å². The summed E-state index contributed by atoms with van der Waals surface area (Å²) in [5.41, 5.74) is 12.8. The molecule has 5 N–H and O–H groups in total. The zero-order valence-corrected chi connectivity index (χ0v) is 11.8. The minimum atomic E-state index is -1.94. The normalized spacial score (nSPS) is 30.5. The van der Waals surface area contributed by atoms with Gasteiger partial charge in [-0.2, -0.15) is 0 Å². The maximum absolute atomic E-state index is 10.6. The fourth-order valence-corrected chi connectivity index (χ4v) is 2.61. The molecule has 23 heavy (non-hydrogen) atoms. The van der Waals surface area contributed by atoms with Gasteiger partial charge in [0.1, 0.15) is 29.7 Å². The van der Waals surface area contributed by atoms with Crippen LogP contribution < -0.4 is 5.73 Å². The van der Waals surface area contributed by atoms with E-state index >= 15 is 0 Å². The molecule has 3 heterocycles. The van der Waals surface area contributed by atoms with Crippen molar-refractivity contribution in [1.29, 1.82) is 0 Å². The van der Waals surface area contributed by atoms with Crippen LogP contribution in [0.4, 0.5) is 5.82 Å². The van der Waals surface area contributed by atoms with Crippen molar-refractivity contribution in [2.24, 2.45) is 5.11 Å². The van der Waals surface area contributed by atoms with E-state index in [4.69, 9.17) is 16.0 Å². The van der Waals surface area contributed by atoms with Crippen LogP contribution in [-0.4, -0.2) is 65.8 Å². The lowest BCUT2D eigenvalue weighted by molar-refractivity contribution is -0.0860. The Bertz CT molecular complexity index is 774. The molecule has 1 saturated heterocycles. The van der Waals surface area contributed by atoms with Crippen molar-refractivity contribution in [3.8, 4) is 0 Å². The maximum Gasteiger partial charge on any atom is 0.167 e. The number of aromatic nitrogens is 4. The number of azide groups is 1. The van der Waals surface area contributed by atoms with Gasteiger partial charge in [-0.1, -0.05) is 5.11 Å². The highest BCUT2D eigenvalue weighted by Gasteiger charge is 2.55. The first-order valence-corrected chi connectivity index (χ1v) is 6.63. The van der Waals surface area contributed by atoms with Crippen LogP contribution in [-0.2, 0) is 4.74 Å². The zero-order chi connectivity index (χ0) is 16.6. The maximum atomic E-state index is 10.6. The Labute approximate surface area is 128 Å². The lowest BCUT2D eigenvalue weighted by Crippen LogP contribution is -2.51. The first-order valence-electron chi connectivity index (χ1n) is 6.63. The van der Waals surface area contributed by atoms with E-state index in [9.17, 15) is 15.3 Å². The Morgan fingerprint density at radius 2 is 2.26 bits per heavy atom. The molecule has 122 valence electrons. The van der Waals surface area contributed by atoms with Gasteiger partial charge in [0.2, 0.25) is 0 Å². The molecule has 1 aliphatic rings. The van der Waals surface area contributed by atoms with Gasteiger partial charge in [0.15, 0.2) is 17.7 Å². The number of rotatable bonds is 4. The smallest absolute Gasteiger partial charge is 0.167 e. The van der Waals surface area contributed by atoms with Crippen molar-refractivity contribution in [2.45, 2.75) is 24.0 Å². The van der Waals surface area contributed by atoms with Crippen molar-refractivity contribution in [2.75, 3.05) is 18.9 Å². The summed E-state index contributed by atoms with van der Waals surface area (Å²) in [6, 6.07) is 0. The number of aliphatic hydroxyl groups excluding tert-OH is 2. The van der Waals surface area contributed by atoms with Gasteiger partial charge in [0, 0.05) is 4.91 Å². The molecule has 0 radical (unpaired) electrons. The topological polar surface area (TPSA) is 188 Å². The fraction of sp³-hybridized carbons (Fsp3) is 0.545. The summed E-state index contributed by atoms with van der Waals surface area (Å²) < 4.78 is 6.89. The second-order valence-electron chi connectivity index (χ2n) is 5.11. The molecule has 0 spiro atoms. The molecule has 12 heteroatoms. The number of aliphatic hydroxyl groups is 3. The Balaban J connectivity index is 2.03. The van der Waals surface area contributed by atoms with Gasteiger partial charge >= 0.3 is 0 Å². The van der Waals surface area contributed by atoms with Crippen molar-refractivity contribution in [3.05, 3.63) is 23.1 Å². The second kappa shape index (κ2) is 5.61. The third-order valence-corrected chi connectivity index (χ3v) is 3.86. The highest BCUT2D eigenvalue weighted by Crippen LogP contribution is 2.38. The van der Waals surface area contributed by atoms with Gasteiger partial charge in [-0.05, 0) is 5.53 Å². The van der Waals surface area contributed by atoms with Crippen LogP contribution in [0.1, 0.15) is 6.23 Å². The highest BCUT2D eigenvalue weighted by atomic mass is 16.6. The van der Waals surface area contributed by atoms with Crippen molar-refractivity contribution in [1.82, 2.24) is 19.5 Å². The van der Waals surface area contributed by atoms with E-state index < -0.39 is 37.2 Å². The third kappa shape index (κ3) is 2.25. The van der Waals surface area contributed by atoms with Crippen LogP contribution in [0.25, 0.3) is 21.6 Å². The molecule has 1 fully saturated rings. The Morgan fingerprint density at radius 1 is 1.48 bits per heavy atom. The summed E-state index contributed by atoms with van der Waals surface area (Å²) in [4.78, 5) is 14.5. The number of anilines is 1. The van der Waals surface area contributed by atoms with Gasteiger partial charge in [0.25, 0.3) is 0 Å². The van der Waals surface area contributed by atoms with E-state index in [1.807, 2.05) is 0 Å². The lowest BCUT2D eigenvalue weighted by atomic mass is 9.92. The number of fused-ring (bicyclic) bond motifs is 1. The van der Waals surface area contributed by atoms with Crippen molar-refractivity contribution >= 4 is 17.0 Å². The molecule has 1 aliphatic heterocycles. The number of hydrogen-bond acceptors (Lipinski definition) is 9. The number of nitrogens with zero attached hydrogens (tertiary/aromatic N) is 7. The van der Waals surface area contributed by atoms with E-state index in [0.717, 1.165) is 0 Å². The lowest BCUT2D eigenvalue weighted by Gasteiger charge is -2.28. The van der Waals surface area contributed by atoms with Gasteiger partial charge in [-0.15, -0.1) is 0 Å². The highest BCUT2D eigenvalue weighted by molar-refractivity contribution is 5.81. The molecule has 12 nitrogen and oxygen atoms in total. The van der Waals surface area contributed by atoms with E-state index in [0.29, 0.717) is 11.2 Å². The first kappa shape index (κ1) is 15.4. The average molecular weight is 322 g/mol. The Hall–Kier alpha value is -2.50. The summed E-state index contributed by atoms with van der Waals surface area (Å²) in [7, 11) is 0. The first-order chi connectivity index (χ1) is 11.0. The monoisotopic (exact) mass is 322 g/mol. The number of ether oxygens (including phenoxy) is 1. The number of nitrogen functional groups attached to an aromatic ring is 1. The molecule has 0 bridgehead atoms. The molecular formula is C11H14N8O4. The van der Waals surface area contributed by atoms with Crippen LogP contribution in [0, 0.1) is 0 Å². The summed E-state index contributed by atoms with van der Waals surface area (Å²) in [5, 5.41) is 33.7. The summed E-state index contributed by atoms with van der Waals surface area (Å²) in [5.74, 6) is 0.157. The summed E-state index contributed by atoms with van der Waals surface area (Å²) >= 11 is 0. The van der Waals surface area contributed by atoms with Gasteiger partial charge in [0.05, 0.1) is 19.5 Å². The molecule has 4 atom stereocenters. The molecule has 0 unspecified atom stereocenters. The molecule has 2 aromatic heterocycles. The SMILES string of the molecule is [N-]=[N+]=NC[C@@]1(O)[C@@H](CO)O[C@@H](n2cnc3c(N)ncnc32)[C@@H]1O. The van der Waals surface area contributed by atoms with Gasteiger partial charge in [-0.3, -0.25) is 4.57 Å². The minimum absolute atomic E-state index is 0.157. The van der Waals surface area contributed by atoms with E-state index in [-0.39, 0.29) is 5.82 Å². The van der Waals surface area contributed by atoms with Gasteiger partial charge in [-0.25, -0.2) is 15.0 Å². The summed E-state index contributed by atoms with van der Waals surface area (Å²) in [6.45, 7) is -1.04. The largest absolute Gasteiger partial charge is 0.394 e. The molecule has 0 aliphatic carbocycles. The Kier molecular flexibility index (Phi) is 3.75. The molecule has 0 amide bonds. The standard InChI is InChI=1S/C11H14N8O4/c12-8-6-9(15-3-14-8)19(4-16-6)10-7(21)11(22,2-17-18-13)5(1-20)23-10/h3-5,7,10,20-22H,1-2H2,(H2,12,14,15)/t5-,7+,10-,11-/m1/s1. The predicted molar refractivity (Wildman–Crippen MR) is 75.7 cm³/mol. The molecule has 3 rings (SSSR count). The van der Waals surface area contributed by atoms with Crippen LogP contribution >= 0.6 is 0 Å². The Morgan fingerprint density at radius 3 is 2.96 bits per heavy atom. The number of nitrogens with two attached hydrogens (primary N) is 1. The van der Waals surface area contributed by atoms with Crippen LogP contribution in [0.15, 0.2) is 17.8 Å².